The zero-order chi connectivity index (χ0) is 9.97. The van der Waals surface area contributed by atoms with Crippen LogP contribution in [0.2, 0.25) is 0 Å². The van der Waals surface area contributed by atoms with Gasteiger partial charge in [-0.2, -0.15) is 0 Å². The van der Waals surface area contributed by atoms with Crippen LogP contribution < -0.4 is 5.73 Å². The number of primary amides is 1. The number of carbonyl (C=O) groups is 1. The molecule has 0 bridgehead atoms. The van der Waals surface area contributed by atoms with Crippen molar-refractivity contribution in [1.29, 1.82) is 0 Å². The molecule has 14 heavy (non-hydrogen) atoms. The lowest BCUT2D eigenvalue weighted by Gasteiger charge is -2.02. The second-order valence-corrected chi connectivity index (χ2v) is 3.57. The molecular formula is C12H13NO. The van der Waals surface area contributed by atoms with Crippen LogP contribution in [0.1, 0.15) is 17.5 Å². The van der Waals surface area contributed by atoms with Gasteiger partial charge in [-0.05, 0) is 30.4 Å². The fourth-order valence-corrected chi connectivity index (χ4v) is 1.83. The number of nitrogens with two attached hydrogens (primary N) is 1. The van der Waals surface area contributed by atoms with Gasteiger partial charge in [0.1, 0.15) is 0 Å². The summed E-state index contributed by atoms with van der Waals surface area (Å²) < 4.78 is 0. The maximum Gasteiger partial charge on any atom is 0.244 e. The predicted molar refractivity (Wildman–Crippen MR) is 55.7 cm³/mol. The number of amides is 1. The van der Waals surface area contributed by atoms with Gasteiger partial charge in [-0.3, -0.25) is 4.79 Å². The second-order valence-electron chi connectivity index (χ2n) is 3.57. The molecule has 0 unspecified atom stereocenters. The second kappa shape index (κ2) is 3.66. The van der Waals surface area contributed by atoms with Crippen molar-refractivity contribution in [2.24, 2.45) is 5.73 Å². The van der Waals surface area contributed by atoms with Crippen molar-refractivity contribution in [2.75, 3.05) is 0 Å². The Hall–Kier alpha value is -1.57. The van der Waals surface area contributed by atoms with Crippen LogP contribution in [0.25, 0.3) is 0 Å². The lowest BCUT2D eigenvalue weighted by Crippen LogP contribution is -2.14. The summed E-state index contributed by atoms with van der Waals surface area (Å²) in [7, 11) is 0. The Morgan fingerprint density at radius 3 is 2.57 bits per heavy atom. The monoisotopic (exact) mass is 187 g/mol. The van der Waals surface area contributed by atoms with Gasteiger partial charge in [0.15, 0.2) is 0 Å². The fraction of sp³-hybridized carbons (Fsp3) is 0.250. The lowest BCUT2D eigenvalue weighted by molar-refractivity contribution is -0.114. The smallest absolute Gasteiger partial charge is 0.244 e. The number of carbonyl (C=O) groups excluding carboxylic acids is 1. The molecule has 0 spiro atoms. The first-order valence-corrected chi connectivity index (χ1v) is 4.83. The molecule has 1 aliphatic rings. The molecule has 0 aliphatic heterocycles. The van der Waals surface area contributed by atoms with Crippen molar-refractivity contribution < 1.29 is 4.79 Å². The Morgan fingerprint density at radius 1 is 1.14 bits per heavy atom. The van der Waals surface area contributed by atoms with Gasteiger partial charge < -0.3 is 5.73 Å². The number of allylic oxidation sites excluding steroid dienone is 1. The summed E-state index contributed by atoms with van der Waals surface area (Å²) in [6.07, 6.45) is 4.47. The Balaban J connectivity index is 2.28. The van der Waals surface area contributed by atoms with Crippen LogP contribution in [0, 0.1) is 0 Å². The minimum absolute atomic E-state index is 0.280. The van der Waals surface area contributed by atoms with Crippen LogP contribution in [0.4, 0.5) is 0 Å². The molecule has 1 aromatic rings. The molecule has 0 radical (unpaired) electrons. The molecule has 2 heteroatoms. The molecule has 2 N–H and O–H groups in total. The summed E-state index contributed by atoms with van der Waals surface area (Å²) in [5.41, 5.74) is 8.67. The van der Waals surface area contributed by atoms with Crippen LogP contribution in [-0.2, 0) is 17.6 Å². The van der Waals surface area contributed by atoms with Gasteiger partial charge in [0.2, 0.25) is 5.91 Å². The summed E-state index contributed by atoms with van der Waals surface area (Å²) >= 11 is 0. The maximum atomic E-state index is 11.0. The predicted octanol–water partition coefficient (Wildman–Crippen LogP) is 1.59. The van der Waals surface area contributed by atoms with Crippen molar-refractivity contribution in [3.05, 3.63) is 47.0 Å². The molecule has 0 fully saturated rings. The number of aryl methyl sites for hydroxylation is 1. The average molecular weight is 187 g/mol. The summed E-state index contributed by atoms with van der Waals surface area (Å²) in [6, 6.07) is 8.29. The Morgan fingerprint density at radius 2 is 1.86 bits per heavy atom. The van der Waals surface area contributed by atoms with Gasteiger partial charge in [0, 0.05) is 5.57 Å². The van der Waals surface area contributed by atoms with Crippen LogP contribution in [0.15, 0.2) is 35.9 Å². The van der Waals surface area contributed by atoms with Crippen LogP contribution in [0.3, 0.4) is 0 Å². The minimum atomic E-state index is -0.280. The Bertz CT molecular complexity index is 393. The van der Waals surface area contributed by atoms with E-state index in [9.17, 15) is 4.79 Å². The first kappa shape index (κ1) is 9.00. The van der Waals surface area contributed by atoms with Gasteiger partial charge in [0.05, 0.1) is 0 Å². The third-order valence-electron chi connectivity index (χ3n) is 2.67. The van der Waals surface area contributed by atoms with E-state index < -0.39 is 0 Å². The number of hydrogen-bond acceptors (Lipinski definition) is 1. The normalized spacial score (nSPS) is 15.3. The van der Waals surface area contributed by atoms with Crippen LogP contribution in [0.5, 0.6) is 0 Å². The fourth-order valence-electron chi connectivity index (χ4n) is 1.83. The van der Waals surface area contributed by atoms with E-state index in [1.807, 2.05) is 18.2 Å². The van der Waals surface area contributed by atoms with Gasteiger partial charge in [-0.1, -0.05) is 30.3 Å². The Kier molecular flexibility index (Phi) is 2.35. The molecule has 0 saturated heterocycles. The minimum Gasteiger partial charge on any atom is -0.366 e. The highest BCUT2D eigenvalue weighted by molar-refractivity contribution is 5.92. The number of hydrogen-bond donors (Lipinski definition) is 1. The van der Waals surface area contributed by atoms with E-state index >= 15 is 0 Å². The first-order valence-electron chi connectivity index (χ1n) is 4.83. The quantitative estimate of drug-likeness (QED) is 0.712. The summed E-state index contributed by atoms with van der Waals surface area (Å²) in [6.45, 7) is 0. The van der Waals surface area contributed by atoms with Crippen molar-refractivity contribution in [1.82, 2.24) is 0 Å². The largest absolute Gasteiger partial charge is 0.366 e. The van der Waals surface area contributed by atoms with E-state index in [4.69, 9.17) is 5.73 Å². The highest BCUT2D eigenvalue weighted by atomic mass is 16.1. The molecule has 72 valence electrons. The van der Waals surface area contributed by atoms with E-state index in [1.54, 1.807) is 0 Å². The van der Waals surface area contributed by atoms with Gasteiger partial charge in [-0.15, -0.1) is 0 Å². The lowest BCUT2D eigenvalue weighted by atomic mass is 10.0. The van der Waals surface area contributed by atoms with Crippen molar-refractivity contribution in [2.45, 2.75) is 19.3 Å². The van der Waals surface area contributed by atoms with E-state index in [0.29, 0.717) is 0 Å². The number of fused-ring (bicyclic) bond motifs is 1. The molecule has 1 aromatic carbocycles. The van der Waals surface area contributed by atoms with E-state index in [2.05, 4.69) is 12.1 Å². The molecule has 0 atom stereocenters. The summed E-state index contributed by atoms with van der Waals surface area (Å²) in [4.78, 5) is 11.0. The molecule has 1 aliphatic carbocycles. The standard InChI is InChI=1S/C12H13NO/c13-12(14)11-7-5-9-3-1-2-4-10(9)6-8-11/h1-4,7H,5-6,8H2,(H2,13,14). The van der Waals surface area contributed by atoms with Gasteiger partial charge in [0.25, 0.3) is 0 Å². The Labute approximate surface area is 83.4 Å². The highest BCUT2D eigenvalue weighted by Gasteiger charge is 2.11. The van der Waals surface area contributed by atoms with Crippen molar-refractivity contribution in [3.63, 3.8) is 0 Å². The first-order chi connectivity index (χ1) is 6.77. The summed E-state index contributed by atoms with van der Waals surface area (Å²) in [5.74, 6) is -0.280. The van der Waals surface area contributed by atoms with Crippen LogP contribution in [-0.4, -0.2) is 5.91 Å². The molecular weight excluding hydrogens is 174 g/mol. The molecule has 0 aromatic heterocycles. The average Bonchev–Trinajstić information content (AvgIpc) is 2.39. The van der Waals surface area contributed by atoms with Crippen LogP contribution >= 0.6 is 0 Å². The molecule has 0 heterocycles. The molecule has 1 amide bonds. The van der Waals surface area contributed by atoms with E-state index in [0.717, 1.165) is 24.8 Å². The van der Waals surface area contributed by atoms with Crippen molar-refractivity contribution in [3.8, 4) is 0 Å². The molecule has 2 nitrogen and oxygen atoms in total. The zero-order valence-corrected chi connectivity index (χ0v) is 7.99. The number of benzene rings is 1. The SMILES string of the molecule is NC(=O)C1=CCc2ccccc2CC1. The maximum absolute atomic E-state index is 11.0. The van der Waals surface area contributed by atoms with Gasteiger partial charge in [-0.25, -0.2) is 0 Å². The van der Waals surface area contributed by atoms with E-state index in [1.165, 1.54) is 11.1 Å². The zero-order valence-electron chi connectivity index (χ0n) is 7.99. The number of rotatable bonds is 1. The third kappa shape index (κ3) is 1.69. The summed E-state index contributed by atoms with van der Waals surface area (Å²) in [5, 5.41) is 0. The molecule has 2 rings (SSSR count). The topological polar surface area (TPSA) is 43.1 Å². The van der Waals surface area contributed by atoms with E-state index in [-0.39, 0.29) is 5.91 Å². The third-order valence-corrected chi connectivity index (χ3v) is 2.67. The van der Waals surface area contributed by atoms with Crippen molar-refractivity contribution >= 4 is 5.91 Å². The van der Waals surface area contributed by atoms with Gasteiger partial charge >= 0.3 is 0 Å². The highest BCUT2D eigenvalue weighted by Crippen LogP contribution is 2.19. The molecule has 0 saturated carbocycles.